The predicted molar refractivity (Wildman–Crippen MR) is 91.7 cm³/mol. The number of hydrogen-bond donors (Lipinski definition) is 1. The maximum absolute atomic E-state index is 12.0. The fourth-order valence-electron chi connectivity index (χ4n) is 2.12. The van der Waals surface area contributed by atoms with Gasteiger partial charge >= 0.3 is 0 Å². The van der Waals surface area contributed by atoms with Crippen LogP contribution in [0.1, 0.15) is 28.4 Å². The van der Waals surface area contributed by atoms with Gasteiger partial charge in [-0.1, -0.05) is 29.8 Å². The summed E-state index contributed by atoms with van der Waals surface area (Å²) in [6, 6.07) is 13.2. The van der Waals surface area contributed by atoms with Crippen LogP contribution in [0.25, 0.3) is 0 Å². The van der Waals surface area contributed by atoms with Gasteiger partial charge in [-0.15, -0.1) is 11.8 Å². The average Bonchev–Trinajstić information content (AvgIpc) is 2.46. The van der Waals surface area contributed by atoms with E-state index in [1.54, 1.807) is 24.3 Å². The third kappa shape index (κ3) is 4.46. The molecule has 0 unspecified atom stereocenters. The minimum absolute atomic E-state index is 0.0132. The summed E-state index contributed by atoms with van der Waals surface area (Å²) in [5.74, 6) is 0.250. The SMILES string of the molecule is CC(=O)c1cccc(NC(=O)CSc2ccc(C)cc2C)c1. The Bertz CT molecular complexity index is 710. The van der Waals surface area contributed by atoms with Crippen LogP contribution in [-0.4, -0.2) is 17.4 Å². The summed E-state index contributed by atoms with van der Waals surface area (Å²) in [7, 11) is 0. The molecule has 0 bridgehead atoms. The first-order valence-electron chi connectivity index (χ1n) is 7.06. The van der Waals surface area contributed by atoms with E-state index < -0.39 is 0 Å². The minimum atomic E-state index is -0.0781. The van der Waals surface area contributed by atoms with Gasteiger partial charge in [0.05, 0.1) is 5.75 Å². The highest BCUT2D eigenvalue weighted by Crippen LogP contribution is 2.23. The lowest BCUT2D eigenvalue weighted by Gasteiger charge is -2.08. The van der Waals surface area contributed by atoms with Gasteiger partial charge < -0.3 is 5.32 Å². The number of carbonyl (C=O) groups is 2. The van der Waals surface area contributed by atoms with Crippen LogP contribution in [0, 0.1) is 13.8 Å². The molecule has 1 N–H and O–H groups in total. The Labute approximate surface area is 135 Å². The molecule has 0 aliphatic heterocycles. The van der Waals surface area contributed by atoms with Crippen LogP contribution in [0.3, 0.4) is 0 Å². The second-order valence-electron chi connectivity index (χ2n) is 5.24. The maximum Gasteiger partial charge on any atom is 0.234 e. The van der Waals surface area contributed by atoms with E-state index >= 15 is 0 Å². The second kappa shape index (κ2) is 7.27. The summed E-state index contributed by atoms with van der Waals surface area (Å²) >= 11 is 1.51. The summed E-state index contributed by atoms with van der Waals surface area (Å²) in [5.41, 5.74) is 3.64. The molecule has 0 atom stereocenters. The van der Waals surface area contributed by atoms with Crippen LogP contribution in [-0.2, 0) is 4.79 Å². The van der Waals surface area contributed by atoms with Gasteiger partial charge in [-0.2, -0.15) is 0 Å². The molecule has 2 rings (SSSR count). The van der Waals surface area contributed by atoms with E-state index in [-0.39, 0.29) is 11.7 Å². The van der Waals surface area contributed by atoms with Crippen LogP contribution < -0.4 is 5.32 Å². The fraction of sp³-hybridized carbons (Fsp3) is 0.222. The topological polar surface area (TPSA) is 46.2 Å². The lowest BCUT2D eigenvalue weighted by molar-refractivity contribution is -0.113. The smallest absolute Gasteiger partial charge is 0.234 e. The normalized spacial score (nSPS) is 10.3. The van der Waals surface area contributed by atoms with E-state index in [2.05, 4.69) is 18.3 Å². The Kier molecular flexibility index (Phi) is 5.39. The quantitative estimate of drug-likeness (QED) is 0.663. The van der Waals surface area contributed by atoms with Crippen molar-refractivity contribution in [1.82, 2.24) is 0 Å². The number of carbonyl (C=O) groups excluding carboxylic acids is 2. The molecule has 4 heteroatoms. The number of nitrogens with one attached hydrogen (secondary N) is 1. The lowest BCUT2D eigenvalue weighted by Crippen LogP contribution is -2.14. The zero-order chi connectivity index (χ0) is 16.1. The van der Waals surface area contributed by atoms with Gasteiger partial charge in [-0.25, -0.2) is 0 Å². The lowest BCUT2D eigenvalue weighted by atomic mass is 10.1. The predicted octanol–water partition coefficient (Wildman–Crippen LogP) is 4.24. The van der Waals surface area contributed by atoms with E-state index in [4.69, 9.17) is 0 Å². The molecule has 0 aromatic heterocycles. The van der Waals surface area contributed by atoms with Crippen LogP contribution in [0.2, 0.25) is 0 Å². The maximum atomic E-state index is 12.0. The van der Waals surface area contributed by atoms with Crippen molar-refractivity contribution in [2.45, 2.75) is 25.7 Å². The molecule has 0 aliphatic carbocycles. The molecule has 0 saturated carbocycles. The largest absolute Gasteiger partial charge is 0.325 e. The van der Waals surface area contributed by atoms with Crippen molar-refractivity contribution in [3.63, 3.8) is 0 Å². The molecule has 0 heterocycles. The molecule has 2 aromatic carbocycles. The van der Waals surface area contributed by atoms with Crippen molar-refractivity contribution < 1.29 is 9.59 Å². The molecular formula is C18H19NO2S. The molecule has 0 fully saturated rings. The summed E-state index contributed by atoms with van der Waals surface area (Å²) in [5, 5.41) is 2.83. The highest BCUT2D eigenvalue weighted by atomic mass is 32.2. The third-order valence-electron chi connectivity index (χ3n) is 3.24. The van der Waals surface area contributed by atoms with E-state index in [0.717, 1.165) is 4.90 Å². The second-order valence-corrected chi connectivity index (χ2v) is 6.26. The molecule has 114 valence electrons. The van der Waals surface area contributed by atoms with Crippen molar-refractivity contribution in [1.29, 1.82) is 0 Å². The standard InChI is InChI=1S/C18H19NO2S/c1-12-7-8-17(13(2)9-12)22-11-18(21)19-16-6-4-5-15(10-16)14(3)20/h4-10H,11H2,1-3H3,(H,19,21). The van der Waals surface area contributed by atoms with E-state index in [1.165, 1.54) is 29.8 Å². The first-order chi connectivity index (χ1) is 10.5. The van der Waals surface area contributed by atoms with E-state index in [9.17, 15) is 9.59 Å². The van der Waals surface area contributed by atoms with Crippen molar-refractivity contribution in [2.24, 2.45) is 0 Å². The van der Waals surface area contributed by atoms with Crippen molar-refractivity contribution in [3.8, 4) is 0 Å². The van der Waals surface area contributed by atoms with Crippen LogP contribution in [0.15, 0.2) is 47.4 Å². The van der Waals surface area contributed by atoms with Crippen LogP contribution >= 0.6 is 11.8 Å². The third-order valence-corrected chi connectivity index (χ3v) is 4.42. The van der Waals surface area contributed by atoms with Crippen LogP contribution in [0.5, 0.6) is 0 Å². The summed E-state index contributed by atoms with van der Waals surface area (Å²) in [6.45, 7) is 5.61. The monoisotopic (exact) mass is 313 g/mol. The highest BCUT2D eigenvalue weighted by Gasteiger charge is 2.07. The van der Waals surface area contributed by atoms with Crippen molar-refractivity contribution in [2.75, 3.05) is 11.1 Å². The van der Waals surface area contributed by atoms with Gasteiger partial charge in [0, 0.05) is 16.1 Å². The highest BCUT2D eigenvalue weighted by molar-refractivity contribution is 8.00. The van der Waals surface area contributed by atoms with E-state index in [0.29, 0.717) is 17.0 Å². The molecule has 3 nitrogen and oxygen atoms in total. The number of anilines is 1. The number of rotatable bonds is 5. The molecule has 22 heavy (non-hydrogen) atoms. The van der Waals surface area contributed by atoms with Gasteiger partial charge in [0.2, 0.25) is 5.91 Å². The molecule has 0 aliphatic rings. The molecule has 2 aromatic rings. The number of Topliss-reactive ketones (excluding diaryl/α,β-unsaturated/α-hetero) is 1. The van der Waals surface area contributed by atoms with Crippen LogP contribution in [0.4, 0.5) is 5.69 Å². The number of amides is 1. The van der Waals surface area contributed by atoms with Crippen molar-refractivity contribution in [3.05, 3.63) is 59.2 Å². The molecule has 0 radical (unpaired) electrons. The zero-order valence-corrected chi connectivity index (χ0v) is 13.8. The number of hydrogen-bond acceptors (Lipinski definition) is 3. The van der Waals surface area contributed by atoms with Gasteiger partial charge in [0.1, 0.15) is 0 Å². The summed E-state index contributed by atoms with van der Waals surface area (Å²) in [4.78, 5) is 24.5. The van der Waals surface area contributed by atoms with Gasteiger partial charge in [0.15, 0.2) is 5.78 Å². The molecule has 0 saturated heterocycles. The zero-order valence-electron chi connectivity index (χ0n) is 13.0. The Hall–Kier alpha value is -2.07. The number of thioether (sulfide) groups is 1. The summed E-state index contributed by atoms with van der Waals surface area (Å²) in [6.07, 6.45) is 0. The molecule has 1 amide bonds. The Morgan fingerprint density at radius 1 is 1.09 bits per heavy atom. The Morgan fingerprint density at radius 2 is 1.86 bits per heavy atom. The fourth-order valence-corrected chi connectivity index (χ4v) is 2.93. The molecule has 0 spiro atoms. The Morgan fingerprint density at radius 3 is 2.55 bits per heavy atom. The average molecular weight is 313 g/mol. The number of aryl methyl sites for hydroxylation is 2. The van der Waals surface area contributed by atoms with E-state index in [1.807, 2.05) is 19.1 Å². The van der Waals surface area contributed by atoms with Gasteiger partial charge in [-0.3, -0.25) is 9.59 Å². The molecular weight excluding hydrogens is 294 g/mol. The Balaban J connectivity index is 1.95. The van der Waals surface area contributed by atoms with Gasteiger partial charge in [-0.05, 0) is 44.5 Å². The summed E-state index contributed by atoms with van der Waals surface area (Å²) < 4.78 is 0. The first kappa shape index (κ1) is 16.3. The number of ketones is 1. The van der Waals surface area contributed by atoms with Crippen molar-refractivity contribution >= 4 is 29.1 Å². The minimum Gasteiger partial charge on any atom is -0.325 e. The number of benzene rings is 2. The van der Waals surface area contributed by atoms with Gasteiger partial charge in [0.25, 0.3) is 0 Å². The first-order valence-corrected chi connectivity index (χ1v) is 8.05.